The van der Waals surface area contributed by atoms with Gasteiger partial charge in [0.1, 0.15) is 29.0 Å². The number of imidazole rings is 1. The fourth-order valence-electron chi connectivity index (χ4n) is 5.57. The van der Waals surface area contributed by atoms with E-state index < -0.39 is 17.7 Å². The van der Waals surface area contributed by atoms with Crippen molar-refractivity contribution < 1.29 is 22.9 Å². The molecule has 2 heterocycles. The topological polar surface area (TPSA) is 104 Å². The molecular weight excluding hydrogens is 516 g/mol. The van der Waals surface area contributed by atoms with Crippen molar-refractivity contribution in [2.75, 3.05) is 14.1 Å². The lowest BCUT2D eigenvalue weighted by molar-refractivity contribution is 0.0827. The molecule has 210 valence electrons. The number of rotatable bonds is 7. The molecule has 10 heteroatoms. The molecule has 4 aromatic rings. The van der Waals surface area contributed by atoms with E-state index in [0.29, 0.717) is 29.4 Å². The summed E-state index contributed by atoms with van der Waals surface area (Å²) in [6.45, 7) is 4.08. The number of H-pyrrole nitrogens is 1. The van der Waals surface area contributed by atoms with E-state index in [4.69, 9.17) is 4.52 Å². The first-order chi connectivity index (χ1) is 19.2. The highest BCUT2D eigenvalue weighted by molar-refractivity contribution is 6.01. The highest BCUT2D eigenvalue weighted by Crippen LogP contribution is 2.38. The maximum absolute atomic E-state index is 16.1. The first kappa shape index (κ1) is 27.5. The zero-order valence-corrected chi connectivity index (χ0v) is 23.1. The molecule has 1 aliphatic rings. The molecule has 1 aliphatic carbocycles. The number of nitrogens with zero attached hydrogens (tertiary/aromatic N) is 3. The van der Waals surface area contributed by atoms with Crippen LogP contribution in [0.4, 0.5) is 8.78 Å². The summed E-state index contributed by atoms with van der Waals surface area (Å²) in [5, 5.41) is 6.98. The second kappa shape index (κ2) is 11.2. The number of aromatic nitrogens is 3. The number of carbonyl (C=O) groups excluding carboxylic acids is 2. The maximum atomic E-state index is 16.1. The molecule has 0 spiro atoms. The van der Waals surface area contributed by atoms with Gasteiger partial charge in [-0.3, -0.25) is 9.59 Å². The maximum Gasteiger partial charge on any atom is 0.257 e. The summed E-state index contributed by atoms with van der Waals surface area (Å²) in [6, 6.07) is 6.99. The molecule has 0 unspecified atom stereocenters. The highest BCUT2D eigenvalue weighted by atomic mass is 19.1. The molecule has 40 heavy (non-hydrogen) atoms. The lowest BCUT2D eigenvalue weighted by Gasteiger charge is -2.32. The van der Waals surface area contributed by atoms with Crippen LogP contribution >= 0.6 is 0 Å². The van der Waals surface area contributed by atoms with Crippen molar-refractivity contribution in [2.45, 2.75) is 52.0 Å². The largest absolute Gasteiger partial charge is 0.364 e. The van der Waals surface area contributed by atoms with Gasteiger partial charge in [0.15, 0.2) is 5.82 Å². The Bertz CT molecular complexity index is 1550. The fourth-order valence-corrected chi connectivity index (χ4v) is 5.57. The number of halogens is 2. The Labute approximate surface area is 231 Å². The Morgan fingerprint density at radius 1 is 1.15 bits per heavy atom. The minimum atomic E-state index is -0.869. The number of carbonyl (C=O) groups is 2. The van der Waals surface area contributed by atoms with Gasteiger partial charge in [0, 0.05) is 31.3 Å². The van der Waals surface area contributed by atoms with Crippen molar-refractivity contribution >= 4 is 22.8 Å². The predicted octanol–water partition coefficient (Wildman–Crippen LogP) is 6.06. The first-order valence-corrected chi connectivity index (χ1v) is 13.6. The van der Waals surface area contributed by atoms with E-state index in [1.807, 2.05) is 6.92 Å². The molecule has 0 saturated heterocycles. The number of hydrogen-bond acceptors (Lipinski definition) is 5. The number of nitrogens with one attached hydrogen (secondary N) is 2. The van der Waals surface area contributed by atoms with Gasteiger partial charge < -0.3 is 19.7 Å². The van der Waals surface area contributed by atoms with Crippen LogP contribution in [0.2, 0.25) is 0 Å². The van der Waals surface area contributed by atoms with Gasteiger partial charge in [0.05, 0.1) is 22.8 Å². The minimum Gasteiger partial charge on any atom is -0.364 e. The zero-order valence-electron chi connectivity index (χ0n) is 23.1. The summed E-state index contributed by atoms with van der Waals surface area (Å²) < 4.78 is 36.6. The molecule has 0 bridgehead atoms. The van der Waals surface area contributed by atoms with Crippen LogP contribution < -0.4 is 5.32 Å². The van der Waals surface area contributed by atoms with Crippen LogP contribution in [0.1, 0.15) is 77.8 Å². The molecule has 2 aromatic heterocycles. The highest BCUT2D eigenvalue weighted by Gasteiger charge is 2.33. The van der Waals surface area contributed by atoms with Crippen LogP contribution in [0.25, 0.3) is 22.2 Å². The third kappa shape index (κ3) is 5.10. The number of aryl methyl sites for hydroxylation is 1. The van der Waals surface area contributed by atoms with Crippen molar-refractivity contribution in [1.29, 1.82) is 0 Å². The third-order valence-electron chi connectivity index (χ3n) is 7.86. The molecule has 2 N–H and O–H groups in total. The predicted molar refractivity (Wildman–Crippen MR) is 147 cm³/mol. The first-order valence-electron chi connectivity index (χ1n) is 13.6. The monoisotopic (exact) mass is 549 g/mol. The van der Waals surface area contributed by atoms with Crippen LogP contribution in [0, 0.1) is 23.5 Å². The van der Waals surface area contributed by atoms with Gasteiger partial charge in [-0.15, -0.1) is 0 Å². The third-order valence-corrected chi connectivity index (χ3v) is 7.86. The molecule has 8 nitrogen and oxygen atoms in total. The summed E-state index contributed by atoms with van der Waals surface area (Å²) in [5.74, 6) is -1.43. The van der Waals surface area contributed by atoms with Gasteiger partial charge in [0.2, 0.25) is 0 Å². The molecule has 1 saturated carbocycles. The summed E-state index contributed by atoms with van der Waals surface area (Å²) in [4.78, 5) is 35.1. The van der Waals surface area contributed by atoms with E-state index >= 15 is 8.78 Å². The standard InChI is InChI=1S/C30H33F2N5O3/c1-5-22-20(15-40-36-22)29(38)35-26(17-12-10-16(2)11-13-17)28-33-23-14-21(31)24(25(32)27(23)34-28)18-8-6-7-9-19(18)30(39)37(3)4/h6-9,14-17,26H,5,10-13H2,1-4H3,(H,33,34)(H,35,38)/t16-,17-,26-/m0/s1. The average molecular weight is 550 g/mol. The normalized spacial score (nSPS) is 18.1. The fraction of sp³-hybridized carbons (Fsp3) is 0.400. The molecule has 2 amide bonds. The van der Waals surface area contributed by atoms with Crippen LogP contribution in [-0.2, 0) is 6.42 Å². The molecular formula is C30H33F2N5O3. The SMILES string of the molecule is CCc1nocc1C(=O)N[C@H](c1nc2c(F)c(-c3ccccc3C(=O)N(C)C)c(F)cc2[nH]1)[C@H]1CC[C@H](C)CC1. The summed E-state index contributed by atoms with van der Waals surface area (Å²) in [5.41, 5.74) is 1.02. The van der Waals surface area contributed by atoms with Crippen molar-refractivity contribution in [3.05, 3.63) is 70.9 Å². The number of hydrogen-bond donors (Lipinski definition) is 2. The van der Waals surface area contributed by atoms with Gasteiger partial charge in [-0.25, -0.2) is 13.8 Å². The number of aromatic amines is 1. The Hall–Kier alpha value is -4.08. The van der Waals surface area contributed by atoms with E-state index in [-0.39, 0.29) is 45.5 Å². The Morgan fingerprint density at radius 2 is 1.88 bits per heavy atom. The van der Waals surface area contributed by atoms with Gasteiger partial charge >= 0.3 is 0 Å². The van der Waals surface area contributed by atoms with Gasteiger partial charge in [0.25, 0.3) is 11.8 Å². The van der Waals surface area contributed by atoms with E-state index in [0.717, 1.165) is 25.7 Å². The molecule has 5 rings (SSSR count). The van der Waals surface area contributed by atoms with E-state index in [2.05, 4.69) is 27.4 Å². The van der Waals surface area contributed by atoms with E-state index in [9.17, 15) is 9.59 Å². The molecule has 1 fully saturated rings. The lowest BCUT2D eigenvalue weighted by atomic mass is 9.79. The molecule has 2 aromatic carbocycles. The second-order valence-corrected chi connectivity index (χ2v) is 10.8. The Balaban J connectivity index is 1.58. The zero-order chi connectivity index (χ0) is 28.6. The van der Waals surface area contributed by atoms with Crippen molar-refractivity contribution in [2.24, 2.45) is 11.8 Å². The Morgan fingerprint density at radius 3 is 2.58 bits per heavy atom. The summed E-state index contributed by atoms with van der Waals surface area (Å²) in [7, 11) is 3.16. The summed E-state index contributed by atoms with van der Waals surface area (Å²) in [6.07, 6.45) is 5.55. The van der Waals surface area contributed by atoms with Gasteiger partial charge in [-0.05, 0) is 37.2 Å². The number of benzene rings is 2. The van der Waals surface area contributed by atoms with E-state index in [1.165, 1.54) is 23.3 Å². The second-order valence-electron chi connectivity index (χ2n) is 10.8. The average Bonchev–Trinajstić information content (AvgIpc) is 3.59. The van der Waals surface area contributed by atoms with Gasteiger partial charge in [-0.2, -0.15) is 0 Å². The van der Waals surface area contributed by atoms with Crippen molar-refractivity contribution in [1.82, 2.24) is 25.3 Å². The lowest BCUT2D eigenvalue weighted by Crippen LogP contribution is -2.36. The Kier molecular flexibility index (Phi) is 7.69. The van der Waals surface area contributed by atoms with Crippen LogP contribution in [-0.4, -0.2) is 45.9 Å². The van der Waals surface area contributed by atoms with Crippen molar-refractivity contribution in [3.63, 3.8) is 0 Å². The van der Waals surface area contributed by atoms with Crippen LogP contribution in [0.15, 0.2) is 41.1 Å². The summed E-state index contributed by atoms with van der Waals surface area (Å²) >= 11 is 0. The quantitative estimate of drug-likeness (QED) is 0.292. The molecule has 0 aliphatic heterocycles. The minimum absolute atomic E-state index is 0.0523. The smallest absolute Gasteiger partial charge is 0.257 e. The molecule has 0 radical (unpaired) electrons. The van der Waals surface area contributed by atoms with Crippen LogP contribution in [0.3, 0.4) is 0 Å². The number of amides is 2. The molecule has 1 atom stereocenters. The van der Waals surface area contributed by atoms with Gasteiger partial charge in [-0.1, -0.05) is 50.0 Å². The van der Waals surface area contributed by atoms with Crippen molar-refractivity contribution in [3.8, 4) is 11.1 Å². The number of fused-ring (bicyclic) bond motifs is 1. The van der Waals surface area contributed by atoms with Crippen LogP contribution in [0.5, 0.6) is 0 Å². The van der Waals surface area contributed by atoms with E-state index in [1.54, 1.807) is 32.3 Å².